The third-order valence-electron chi connectivity index (χ3n) is 6.51. The smallest absolute Gasteiger partial charge is 0.355 e. The van der Waals surface area contributed by atoms with E-state index < -0.39 is 42.8 Å². The van der Waals surface area contributed by atoms with Gasteiger partial charge in [-0.05, 0) is 18.6 Å². The van der Waals surface area contributed by atoms with Crippen LogP contribution in [0.4, 0.5) is 10.6 Å². The van der Waals surface area contributed by atoms with E-state index in [1.165, 1.54) is 23.5 Å². The highest BCUT2D eigenvalue weighted by Crippen LogP contribution is 2.41. The van der Waals surface area contributed by atoms with Crippen LogP contribution in [-0.4, -0.2) is 82.8 Å². The highest BCUT2D eigenvalue weighted by Gasteiger charge is 2.53. The van der Waals surface area contributed by atoms with Crippen LogP contribution in [0, 0.1) is 0 Å². The fraction of sp³-hybridized carbons (Fsp3) is 0.320. The van der Waals surface area contributed by atoms with Crippen molar-refractivity contribution in [3.8, 4) is 0 Å². The van der Waals surface area contributed by atoms with Gasteiger partial charge in [-0.25, -0.2) is 29.2 Å². The number of rotatable bonds is 8. The van der Waals surface area contributed by atoms with Gasteiger partial charge in [-0.15, -0.1) is 5.10 Å². The first-order valence-corrected chi connectivity index (χ1v) is 12.6. The predicted octanol–water partition coefficient (Wildman–Crippen LogP) is 1.68. The maximum atomic E-state index is 12.1. The van der Waals surface area contributed by atoms with Gasteiger partial charge in [0.25, 0.3) is 0 Å². The van der Waals surface area contributed by atoms with Gasteiger partial charge in [0.1, 0.15) is 24.6 Å². The van der Waals surface area contributed by atoms with E-state index in [1.54, 1.807) is 11.5 Å². The van der Waals surface area contributed by atoms with Crippen molar-refractivity contribution in [1.82, 2.24) is 39.8 Å². The number of carbonyl (C=O) groups is 2. The molecule has 5 atom stereocenters. The lowest BCUT2D eigenvalue weighted by atomic mass is 10.1. The molecule has 5 unspecified atom stereocenters. The number of anilines is 1. The summed E-state index contributed by atoms with van der Waals surface area (Å²) in [7, 11) is 0. The van der Waals surface area contributed by atoms with E-state index in [4.69, 9.17) is 14.2 Å². The Morgan fingerprint density at radius 1 is 1.10 bits per heavy atom. The number of nitrogens with zero attached hydrogens (tertiary/aromatic N) is 7. The van der Waals surface area contributed by atoms with Crippen LogP contribution in [0.25, 0.3) is 17.2 Å². The third-order valence-corrected chi connectivity index (χ3v) is 6.51. The molecule has 3 aromatic heterocycles. The molecule has 2 fully saturated rings. The number of carboxylic acids is 1. The summed E-state index contributed by atoms with van der Waals surface area (Å²) in [6.07, 6.45) is 4.49. The number of hydrogen-bond donors (Lipinski definition) is 3. The number of nitrogens with one attached hydrogen (secondary N) is 2. The van der Waals surface area contributed by atoms with Gasteiger partial charge in [-0.1, -0.05) is 41.6 Å². The van der Waals surface area contributed by atoms with E-state index in [-0.39, 0.29) is 18.1 Å². The van der Waals surface area contributed by atoms with Gasteiger partial charge in [0.15, 0.2) is 35.2 Å². The quantitative estimate of drug-likeness (QED) is 0.292. The number of hydrogen-bond acceptors (Lipinski definition) is 10. The molecule has 6 rings (SSSR count). The Morgan fingerprint density at radius 2 is 1.93 bits per heavy atom. The Morgan fingerprint density at radius 3 is 2.73 bits per heavy atom. The Kier molecular flexibility index (Phi) is 6.90. The van der Waals surface area contributed by atoms with E-state index in [9.17, 15) is 14.7 Å². The number of benzene rings is 1. The van der Waals surface area contributed by atoms with Crippen LogP contribution in [0.15, 0.2) is 55.3 Å². The number of amides is 2. The van der Waals surface area contributed by atoms with E-state index >= 15 is 0 Å². The summed E-state index contributed by atoms with van der Waals surface area (Å²) in [5.74, 6) is -0.922. The zero-order valence-corrected chi connectivity index (χ0v) is 21.2. The zero-order valence-electron chi connectivity index (χ0n) is 21.2. The second kappa shape index (κ2) is 10.8. The number of carbonyl (C=O) groups excluding carboxylic acids is 1. The molecule has 15 heteroatoms. The molecule has 15 nitrogen and oxygen atoms in total. The van der Waals surface area contributed by atoms with Crippen LogP contribution in [0.5, 0.6) is 0 Å². The largest absolute Gasteiger partial charge is 0.476 e. The standard InChI is InChI=1S/C25H25N9O6/c1-2-26-25(37)31-21-18-22(28-12-27-21)33(13-29-18)23-20-19(16(38-23)11-34-15(24(35)36)10-30-32-34)39-17(40-20)9-8-14-6-4-3-5-7-14/h3-10,12-13,16-17,19-20,23H,2,11H2,1H3,(H,35,36)(H2,26,27,28,31,37)/b9-8+. The van der Waals surface area contributed by atoms with Gasteiger partial charge >= 0.3 is 12.0 Å². The van der Waals surface area contributed by atoms with Gasteiger partial charge in [0.05, 0.1) is 19.1 Å². The van der Waals surface area contributed by atoms with E-state index in [0.717, 1.165) is 5.56 Å². The van der Waals surface area contributed by atoms with Crippen molar-refractivity contribution in [3.05, 3.63) is 66.5 Å². The molecule has 206 valence electrons. The Balaban J connectivity index is 1.31. The van der Waals surface area contributed by atoms with Crippen molar-refractivity contribution in [2.75, 3.05) is 11.9 Å². The van der Waals surface area contributed by atoms with Crippen molar-refractivity contribution in [3.63, 3.8) is 0 Å². The van der Waals surface area contributed by atoms with Gasteiger partial charge in [-0.2, -0.15) is 0 Å². The molecule has 0 aliphatic carbocycles. The minimum atomic E-state index is -1.16. The normalized spacial score (nSPS) is 24.0. The summed E-state index contributed by atoms with van der Waals surface area (Å²) in [6, 6.07) is 9.30. The summed E-state index contributed by atoms with van der Waals surface area (Å²) in [5.41, 5.74) is 1.67. The molecule has 5 heterocycles. The summed E-state index contributed by atoms with van der Waals surface area (Å²) in [6.45, 7) is 2.31. The van der Waals surface area contributed by atoms with Crippen molar-refractivity contribution in [2.45, 2.75) is 44.3 Å². The highest BCUT2D eigenvalue weighted by atomic mass is 16.8. The first-order chi connectivity index (χ1) is 19.5. The molecule has 2 aliphatic heterocycles. The summed E-state index contributed by atoms with van der Waals surface area (Å²) in [5, 5.41) is 22.5. The lowest BCUT2D eigenvalue weighted by molar-refractivity contribution is -0.128. The number of imidazole rings is 1. The van der Waals surface area contributed by atoms with Crippen LogP contribution in [0.3, 0.4) is 0 Å². The van der Waals surface area contributed by atoms with Crippen molar-refractivity contribution in [2.24, 2.45) is 0 Å². The molecule has 2 aliphatic rings. The number of fused-ring (bicyclic) bond motifs is 2. The molecular formula is C25H25N9O6. The average Bonchev–Trinajstić information content (AvgIpc) is 3.73. The fourth-order valence-corrected chi connectivity index (χ4v) is 4.75. The summed E-state index contributed by atoms with van der Waals surface area (Å²) < 4.78 is 21.8. The number of ether oxygens (including phenoxy) is 3. The lowest BCUT2D eigenvalue weighted by Crippen LogP contribution is -2.33. The van der Waals surface area contributed by atoms with E-state index in [1.807, 2.05) is 42.5 Å². The number of urea groups is 1. The summed E-state index contributed by atoms with van der Waals surface area (Å²) >= 11 is 0. The van der Waals surface area contributed by atoms with Gasteiger partial charge in [0, 0.05) is 6.54 Å². The fourth-order valence-electron chi connectivity index (χ4n) is 4.75. The molecule has 2 amide bonds. The SMILES string of the molecule is CCNC(=O)Nc1ncnc2c1ncn2C1OC(Cn2nncc2C(=O)O)C2OC(/C=C/c3ccccc3)OC21. The molecule has 4 aromatic rings. The molecule has 0 radical (unpaired) electrons. The third kappa shape index (κ3) is 4.88. The molecular weight excluding hydrogens is 522 g/mol. The topological polar surface area (TPSA) is 180 Å². The Hall–Kier alpha value is -4.73. The second-order valence-electron chi connectivity index (χ2n) is 9.04. The maximum Gasteiger partial charge on any atom is 0.355 e. The highest BCUT2D eigenvalue weighted by molar-refractivity contribution is 5.95. The molecule has 3 N–H and O–H groups in total. The number of aromatic carboxylic acids is 1. The first kappa shape index (κ1) is 25.5. The minimum absolute atomic E-state index is 0.0589. The van der Waals surface area contributed by atoms with Gasteiger partial charge in [0.2, 0.25) is 0 Å². The van der Waals surface area contributed by atoms with E-state index in [0.29, 0.717) is 17.7 Å². The molecule has 0 saturated carbocycles. The van der Waals surface area contributed by atoms with Crippen molar-refractivity contribution in [1.29, 1.82) is 0 Å². The average molecular weight is 548 g/mol. The molecule has 40 heavy (non-hydrogen) atoms. The van der Waals surface area contributed by atoms with Crippen LogP contribution in [0.1, 0.15) is 29.2 Å². The van der Waals surface area contributed by atoms with Gasteiger partial charge < -0.3 is 24.6 Å². The molecule has 2 saturated heterocycles. The van der Waals surface area contributed by atoms with Crippen LogP contribution < -0.4 is 10.6 Å². The van der Waals surface area contributed by atoms with E-state index in [2.05, 4.69) is 35.9 Å². The first-order valence-electron chi connectivity index (χ1n) is 12.6. The van der Waals surface area contributed by atoms with Gasteiger partial charge in [-0.3, -0.25) is 9.88 Å². The number of aromatic nitrogens is 7. The minimum Gasteiger partial charge on any atom is -0.476 e. The zero-order chi connectivity index (χ0) is 27.6. The Bertz CT molecular complexity index is 1550. The van der Waals surface area contributed by atoms with Crippen LogP contribution in [-0.2, 0) is 20.8 Å². The predicted molar refractivity (Wildman–Crippen MR) is 138 cm³/mol. The molecule has 0 spiro atoms. The lowest BCUT2D eigenvalue weighted by Gasteiger charge is -2.20. The maximum absolute atomic E-state index is 12.1. The number of carboxylic acid groups (broad SMARTS) is 1. The monoisotopic (exact) mass is 547 g/mol. The summed E-state index contributed by atoms with van der Waals surface area (Å²) in [4.78, 5) is 36.7. The van der Waals surface area contributed by atoms with Crippen molar-refractivity contribution >= 4 is 35.1 Å². The molecule has 0 bridgehead atoms. The Labute approximate surface area is 226 Å². The van der Waals surface area contributed by atoms with Crippen molar-refractivity contribution < 1.29 is 28.9 Å². The van der Waals surface area contributed by atoms with Crippen LogP contribution in [0.2, 0.25) is 0 Å². The second-order valence-corrected chi connectivity index (χ2v) is 9.04. The molecule has 1 aromatic carbocycles. The van der Waals surface area contributed by atoms with Crippen LogP contribution >= 0.6 is 0 Å².